The second-order valence-electron chi connectivity index (χ2n) is 5.26. The van der Waals surface area contributed by atoms with E-state index in [1.807, 2.05) is 37.1 Å². The Morgan fingerprint density at radius 1 is 1.22 bits per heavy atom. The Morgan fingerprint density at radius 3 is 2.39 bits per heavy atom. The van der Waals surface area contributed by atoms with Crippen LogP contribution in [0.5, 0.6) is 0 Å². The van der Waals surface area contributed by atoms with Crippen molar-refractivity contribution in [3.63, 3.8) is 0 Å². The Balaban J connectivity index is 2.36. The van der Waals surface area contributed by atoms with Gasteiger partial charge in [-0.25, -0.2) is 0 Å². The molecular formula is C15H24N2O. The number of likely N-dealkylation sites (N-methyl/N-ethyl adjacent to an activating group) is 1. The molecule has 1 N–H and O–H groups in total. The molecule has 1 unspecified atom stereocenters. The van der Waals surface area contributed by atoms with Crippen molar-refractivity contribution in [1.82, 2.24) is 10.2 Å². The maximum absolute atomic E-state index is 11.8. The molecular weight excluding hydrogens is 224 g/mol. The van der Waals surface area contributed by atoms with Crippen LogP contribution in [0.3, 0.4) is 0 Å². The first-order valence-corrected chi connectivity index (χ1v) is 6.51. The third-order valence-corrected chi connectivity index (χ3v) is 3.10. The van der Waals surface area contributed by atoms with Gasteiger partial charge in [0.25, 0.3) is 0 Å². The third kappa shape index (κ3) is 5.32. The van der Waals surface area contributed by atoms with Gasteiger partial charge < -0.3 is 5.32 Å². The van der Waals surface area contributed by atoms with Gasteiger partial charge in [0.2, 0.25) is 5.91 Å². The van der Waals surface area contributed by atoms with Gasteiger partial charge in [0.05, 0.1) is 6.54 Å². The Bertz CT molecular complexity index is 362. The predicted molar refractivity (Wildman–Crippen MR) is 75.2 cm³/mol. The van der Waals surface area contributed by atoms with E-state index in [0.29, 0.717) is 12.5 Å². The van der Waals surface area contributed by atoms with Gasteiger partial charge in [0.15, 0.2) is 0 Å². The third-order valence-electron chi connectivity index (χ3n) is 3.10. The van der Waals surface area contributed by atoms with Crippen molar-refractivity contribution in [1.29, 1.82) is 0 Å². The topological polar surface area (TPSA) is 32.3 Å². The van der Waals surface area contributed by atoms with Gasteiger partial charge in [-0.15, -0.1) is 0 Å². The number of benzene rings is 1. The molecule has 0 aliphatic carbocycles. The molecule has 0 saturated heterocycles. The number of carbonyl (C=O) groups is 1. The summed E-state index contributed by atoms with van der Waals surface area (Å²) in [6.07, 6.45) is 0. The predicted octanol–water partition coefficient (Wildman–Crippen LogP) is 2.28. The van der Waals surface area contributed by atoms with Crippen LogP contribution in [0.25, 0.3) is 0 Å². The van der Waals surface area contributed by atoms with Crippen molar-refractivity contribution in [2.75, 3.05) is 13.6 Å². The average molecular weight is 248 g/mol. The summed E-state index contributed by atoms with van der Waals surface area (Å²) >= 11 is 0. The highest BCUT2D eigenvalue weighted by atomic mass is 16.2. The zero-order valence-corrected chi connectivity index (χ0v) is 11.8. The molecule has 1 rings (SSSR count). The maximum atomic E-state index is 11.8. The van der Waals surface area contributed by atoms with E-state index in [-0.39, 0.29) is 11.9 Å². The molecule has 1 amide bonds. The maximum Gasteiger partial charge on any atom is 0.234 e. The molecule has 0 bridgehead atoms. The van der Waals surface area contributed by atoms with Crippen LogP contribution in [0.1, 0.15) is 26.3 Å². The fourth-order valence-electron chi connectivity index (χ4n) is 1.66. The zero-order valence-electron chi connectivity index (χ0n) is 11.8. The Hall–Kier alpha value is -1.35. The number of hydrogen-bond acceptors (Lipinski definition) is 2. The van der Waals surface area contributed by atoms with Crippen molar-refractivity contribution in [2.45, 2.75) is 33.4 Å². The van der Waals surface area contributed by atoms with Crippen molar-refractivity contribution >= 4 is 5.91 Å². The first-order chi connectivity index (χ1) is 8.49. The lowest BCUT2D eigenvalue weighted by Crippen LogP contribution is -2.41. The van der Waals surface area contributed by atoms with Crippen LogP contribution < -0.4 is 5.32 Å². The molecule has 18 heavy (non-hydrogen) atoms. The van der Waals surface area contributed by atoms with E-state index in [1.165, 1.54) is 5.56 Å². The van der Waals surface area contributed by atoms with E-state index < -0.39 is 0 Å². The Morgan fingerprint density at radius 2 is 1.83 bits per heavy atom. The number of carbonyl (C=O) groups excluding carboxylic acids is 1. The van der Waals surface area contributed by atoms with E-state index in [0.717, 1.165) is 6.54 Å². The average Bonchev–Trinajstić information content (AvgIpc) is 2.29. The van der Waals surface area contributed by atoms with Crippen LogP contribution in [-0.4, -0.2) is 30.4 Å². The fraction of sp³-hybridized carbons (Fsp3) is 0.533. The van der Waals surface area contributed by atoms with Gasteiger partial charge in [-0.1, -0.05) is 44.2 Å². The van der Waals surface area contributed by atoms with E-state index in [1.54, 1.807) is 0 Å². The number of rotatable bonds is 6. The summed E-state index contributed by atoms with van der Waals surface area (Å²) in [5.74, 6) is 0.558. The molecule has 0 heterocycles. The second-order valence-corrected chi connectivity index (χ2v) is 5.26. The van der Waals surface area contributed by atoms with Crippen molar-refractivity contribution in [3.05, 3.63) is 35.9 Å². The quantitative estimate of drug-likeness (QED) is 0.837. The molecule has 1 aromatic carbocycles. The van der Waals surface area contributed by atoms with Gasteiger partial charge in [0.1, 0.15) is 0 Å². The lowest BCUT2D eigenvalue weighted by Gasteiger charge is -2.21. The van der Waals surface area contributed by atoms with Gasteiger partial charge in [-0.3, -0.25) is 9.69 Å². The fourth-order valence-corrected chi connectivity index (χ4v) is 1.66. The van der Waals surface area contributed by atoms with Crippen molar-refractivity contribution < 1.29 is 4.79 Å². The summed E-state index contributed by atoms with van der Waals surface area (Å²) in [7, 11) is 1.96. The van der Waals surface area contributed by atoms with Crippen LogP contribution in [0, 0.1) is 5.92 Å². The summed E-state index contributed by atoms with van der Waals surface area (Å²) in [5, 5.41) is 3.02. The smallest absolute Gasteiger partial charge is 0.234 e. The minimum Gasteiger partial charge on any atom is -0.352 e. The van der Waals surface area contributed by atoms with Crippen molar-refractivity contribution in [3.8, 4) is 0 Å². The van der Waals surface area contributed by atoms with Gasteiger partial charge in [0, 0.05) is 12.6 Å². The summed E-state index contributed by atoms with van der Waals surface area (Å²) in [6.45, 7) is 7.49. The van der Waals surface area contributed by atoms with Crippen molar-refractivity contribution in [2.24, 2.45) is 5.92 Å². The molecule has 0 aliphatic heterocycles. The molecule has 0 fully saturated rings. The van der Waals surface area contributed by atoms with Crippen LogP contribution in [0.4, 0.5) is 0 Å². The summed E-state index contributed by atoms with van der Waals surface area (Å²) in [5.41, 5.74) is 1.23. The molecule has 3 heteroatoms. The number of nitrogens with one attached hydrogen (secondary N) is 1. The molecule has 100 valence electrons. The lowest BCUT2D eigenvalue weighted by atomic mass is 10.1. The highest BCUT2D eigenvalue weighted by Crippen LogP contribution is 2.03. The summed E-state index contributed by atoms with van der Waals surface area (Å²) < 4.78 is 0. The van der Waals surface area contributed by atoms with Crippen LogP contribution in [-0.2, 0) is 11.3 Å². The first-order valence-electron chi connectivity index (χ1n) is 6.51. The minimum absolute atomic E-state index is 0.0923. The zero-order chi connectivity index (χ0) is 13.5. The van der Waals surface area contributed by atoms with Crippen LogP contribution in [0.15, 0.2) is 30.3 Å². The number of amides is 1. The largest absolute Gasteiger partial charge is 0.352 e. The van der Waals surface area contributed by atoms with E-state index in [9.17, 15) is 4.79 Å². The normalized spacial score (nSPS) is 12.8. The van der Waals surface area contributed by atoms with E-state index in [2.05, 4.69) is 31.3 Å². The summed E-state index contributed by atoms with van der Waals surface area (Å²) in [6, 6.07) is 10.4. The molecule has 1 atom stereocenters. The molecule has 1 aromatic rings. The van der Waals surface area contributed by atoms with Crippen LogP contribution in [0.2, 0.25) is 0 Å². The number of nitrogens with zero attached hydrogens (tertiary/aromatic N) is 1. The van der Waals surface area contributed by atoms with E-state index in [4.69, 9.17) is 0 Å². The monoisotopic (exact) mass is 248 g/mol. The Kier molecular flexibility index (Phi) is 5.86. The highest BCUT2D eigenvalue weighted by Gasteiger charge is 2.12. The van der Waals surface area contributed by atoms with Gasteiger partial charge in [-0.2, -0.15) is 0 Å². The molecule has 0 aliphatic rings. The molecule has 0 radical (unpaired) electrons. The standard InChI is InChI=1S/C15H24N2O/c1-12(2)13(3)16-15(18)11-17(4)10-14-8-6-5-7-9-14/h5-9,12-13H,10-11H2,1-4H3,(H,16,18). The van der Waals surface area contributed by atoms with Crippen LogP contribution >= 0.6 is 0 Å². The number of hydrogen-bond donors (Lipinski definition) is 1. The molecule has 3 nitrogen and oxygen atoms in total. The minimum atomic E-state index is 0.0923. The first kappa shape index (κ1) is 14.7. The second kappa shape index (κ2) is 7.17. The van der Waals surface area contributed by atoms with Gasteiger partial charge in [-0.05, 0) is 25.5 Å². The SMILES string of the molecule is CC(C)C(C)NC(=O)CN(C)Cc1ccccc1. The highest BCUT2D eigenvalue weighted by molar-refractivity contribution is 5.78. The molecule has 0 spiro atoms. The van der Waals surface area contributed by atoms with Gasteiger partial charge >= 0.3 is 0 Å². The Labute approximate surface area is 110 Å². The molecule has 0 aromatic heterocycles. The summed E-state index contributed by atoms with van der Waals surface area (Å²) in [4.78, 5) is 13.8. The molecule has 0 saturated carbocycles. The van der Waals surface area contributed by atoms with E-state index >= 15 is 0 Å². The lowest BCUT2D eigenvalue weighted by molar-refractivity contribution is -0.122.